The summed E-state index contributed by atoms with van der Waals surface area (Å²) in [5, 5.41) is 3.49. The molecule has 1 atom stereocenters. The molecule has 1 saturated heterocycles. The van der Waals surface area contributed by atoms with E-state index in [9.17, 15) is 0 Å². The molecule has 3 nitrogen and oxygen atoms in total. The molecule has 2 rings (SSSR count). The highest BCUT2D eigenvalue weighted by Gasteiger charge is 2.21. The van der Waals surface area contributed by atoms with E-state index >= 15 is 0 Å². The van der Waals surface area contributed by atoms with Gasteiger partial charge in [-0.05, 0) is 58.9 Å². The van der Waals surface area contributed by atoms with Crippen LogP contribution < -0.4 is 10.2 Å². The highest BCUT2D eigenvalue weighted by molar-refractivity contribution is 9.10. The zero-order valence-corrected chi connectivity index (χ0v) is 14.9. The molecular weight excluding hydrogens is 328 g/mol. The van der Waals surface area contributed by atoms with E-state index in [1.165, 1.54) is 28.6 Å². The molecule has 1 fully saturated rings. The van der Waals surface area contributed by atoms with Crippen LogP contribution in [0.2, 0.25) is 0 Å². The van der Waals surface area contributed by atoms with Gasteiger partial charge in [0.15, 0.2) is 0 Å². The predicted molar refractivity (Wildman–Crippen MR) is 92.9 cm³/mol. The van der Waals surface area contributed by atoms with E-state index in [0.717, 1.165) is 26.2 Å². The number of hydrogen-bond acceptors (Lipinski definition) is 3. The van der Waals surface area contributed by atoms with Crippen LogP contribution in [0.15, 0.2) is 22.7 Å². The maximum absolute atomic E-state index is 5.51. The Labute approximate surface area is 137 Å². The fourth-order valence-corrected chi connectivity index (χ4v) is 3.45. The molecule has 0 bridgehead atoms. The van der Waals surface area contributed by atoms with Crippen LogP contribution >= 0.6 is 15.9 Å². The van der Waals surface area contributed by atoms with Gasteiger partial charge in [-0.3, -0.25) is 0 Å². The Hall–Kier alpha value is -0.580. The first-order valence-electron chi connectivity index (χ1n) is 7.87. The smallest absolute Gasteiger partial charge is 0.0746 e. The van der Waals surface area contributed by atoms with E-state index in [4.69, 9.17) is 4.74 Å². The quantitative estimate of drug-likeness (QED) is 0.840. The Morgan fingerprint density at radius 3 is 2.90 bits per heavy atom. The third-order valence-electron chi connectivity index (χ3n) is 3.95. The number of nitrogens with one attached hydrogen (secondary N) is 1. The minimum absolute atomic E-state index is 0.359. The molecule has 1 aliphatic heterocycles. The molecule has 1 aliphatic rings. The monoisotopic (exact) mass is 354 g/mol. The Morgan fingerprint density at radius 1 is 1.43 bits per heavy atom. The van der Waals surface area contributed by atoms with E-state index in [-0.39, 0.29) is 0 Å². The van der Waals surface area contributed by atoms with Gasteiger partial charge in [0.25, 0.3) is 0 Å². The van der Waals surface area contributed by atoms with Crippen molar-refractivity contribution < 1.29 is 4.74 Å². The van der Waals surface area contributed by atoms with Gasteiger partial charge in [-0.1, -0.05) is 19.9 Å². The Balaban J connectivity index is 1.98. The third kappa shape index (κ3) is 4.97. The lowest BCUT2D eigenvalue weighted by atomic mass is 10.1. The van der Waals surface area contributed by atoms with Gasteiger partial charge in [-0.2, -0.15) is 0 Å². The van der Waals surface area contributed by atoms with E-state index in [1.54, 1.807) is 0 Å². The van der Waals surface area contributed by atoms with Crippen molar-refractivity contribution in [2.45, 2.75) is 39.3 Å². The van der Waals surface area contributed by atoms with Crippen LogP contribution in [0.1, 0.15) is 32.3 Å². The number of hydrogen-bond donors (Lipinski definition) is 1. The number of anilines is 1. The standard InChI is InChI=1S/C17H27BrN2O/c1-13(2)10-19-11-14-6-7-17(16(18)9-14)20-8-4-5-15(12-20)21-3/h6-7,9,13,15,19H,4-5,8,10-12H2,1-3H3. The molecule has 1 aromatic rings. The molecule has 0 spiro atoms. The number of rotatable bonds is 6. The van der Waals surface area contributed by atoms with Gasteiger partial charge in [-0.25, -0.2) is 0 Å². The number of nitrogens with zero attached hydrogens (tertiary/aromatic N) is 1. The predicted octanol–water partition coefficient (Wildman–Crippen LogP) is 3.81. The van der Waals surface area contributed by atoms with Crippen molar-refractivity contribution in [1.29, 1.82) is 0 Å². The zero-order valence-electron chi connectivity index (χ0n) is 13.4. The first kappa shape index (κ1) is 16.8. The van der Waals surface area contributed by atoms with Gasteiger partial charge in [0.1, 0.15) is 0 Å². The highest BCUT2D eigenvalue weighted by Crippen LogP contribution is 2.30. The van der Waals surface area contributed by atoms with Crippen LogP contribution in [-0.4, -0.2) is 32.8 Å². The molecule has 0 amide bonds. The molecule has 1 N–H and O–H groups in total. The summed E-state index contributed by atoms with van der Waals surface area (Å²) in [6, 6.07) is 6.69. The lowest BCUT2D eigenvalue weighted by Gasteiger charge is -2.34. The summed E-state index contributed by atoms with van der Waals surface area (Å²) in [6.07, 6.45) is 2.72. The van der Waals surface area contributed by atoms with Crippen LogP contribution in [0, 0.1) is 5.92 Å². The van der Waals surface area contributed by atoms with Gasteiger partial charge in [-0.15, -0.1) is 0 Å². The molecule has 4 heteroatoms. The summed E-state index contributed by atoms with van der Waals surface area (Å²) in [5.41, 5.74) is 2.61. The molecule has 0 aliphatic carbocycles. The van der Waals surface area contributed by atoms with E-state index in [1.807, 2.05) is 7.11 Å². The SMILES string of the molecule is COC1CCCN(c2ccc(CNCC(C)C)cc2Br)C1. The average molecular weight is 355 g/mol. The summed E-state index contributed by atoms with van der Waals surface area (Å²) < 4.78 is 6.70. The second-order valence-electron chi connectivity index (χ2n) is 6.26. The van der Waals surface area contributed by atoms with Crippen molar-refractivity contribution in [1.82, 2.24) is 5.32 Å². The van der Waals surface area contributed by atoms with Crippen molar-refractivity contribution in [2.75, 3.05) is 31.6 Å². The lowest BCUT2D eigenvalue weighted by molar-refractivity contribution is 0.0893. The van der Waals surface area contributed by atoms with Crippen molar-refractivity contribution in [3.8, 4) is 0 Å². The fourth-order valence-electron chi connectivity index (χ4n) is 2.77. The summed E-state index contributed by atoms with van der Waals surface area (Å²) in [6.45, 7) is 8.55. The van der Waals surface area contributed by atoms with E-state index in [2.05, 4.69) is 58.2 Å². The second-order valence-corrected chi connectivity index (χ2v) is 7.11. The first-order valence-corrected chi connectivity index (χ1v) is 8.66. The summed E-state index contributed by atoms with van der Waals surface area (Å²) >= 11 is 3.74. The largest absolute Gasteiger partial charge is 0.380 e. The van der Waals surface area contributed by atoms with E-state index < -0.39 is 0 Å². The van der Waals surface area contributed by atoms with Gasteiger partial charge in [0, 0.05) is 31.2 Å². The summed E-state index contributed by atoms with van der Waals surface area (Å²) in [5.74, 6) is 0.687. The molecule has 118 valence electrons. The third-order valence-corrected chi connectivity index (χ3v) is 4.58. The van der Waals surface area contributed by atoms with Crippen LogP contribution in [0.5, 0.6) is 0 Å². The molecular formula is C17H27BrN2O. The highest BCUT2D eigenvalue weighted by atomic mass is 79.9. The number of halogens is 1. The Bertz CT molecular complexity index is 450. The molecule has 0 aromatic heterocycles. The summed E-state index contributed by atoms with van der Waals surface area (Å²) in [7, 11) is 1.81. The maximum atomic E-state index is 5.51. The van der Waals surface area contributed by atoms with Crippen LogP contribution in [0.3, 0.4) is 0 Å². The molecule has 1 heterocycles. The van der Waals surface area contributed by atoms with Crippen LogP contribution in [-0.2, 0) is 11.3 Å². The van der Waals surface area contributed by atoms with Crippen molar-refractivity contribution >= 4 is 21.6 Å². The summed E-state index contributed by atoms with van der Waals surface area (Å²) in [4.78, 5) is 2.42. The molecule has 0 radical (unpaired) electrons. The lowest BCUT2D eigenvalue weighted by Crippen LogP contribution is -2.39. The zero-order chi connectivity index (χ0) is 15.2. The second kappa shape index (κ2) is 8.16. The average Bonchev–Trinajstić information content (AvgIpc) is 2.47. The number of benzene rings is 1. The first-order chi connectivity index (χ1) is 10.1. The molecule has 21 heavy (non-hydrogen) atoms. The minimum atomic E-state index is 0.359. The van der Waals surface area contributed by atoms with Gasteiger partial charge in [0.2, 0.25) is 0 Å². The van der Waals surface area contributed by atoms with Crippen molar-refractivity contribution in [3.05, 3.63) is 28.2 Å². The maximum Gasteiger partial charge on any atom is 0.0746 e. The van der Waals surface area contributed by atoms with Crippen LogP contribution in [0.25, 0.3) is 0 Å². The van der Waals surface area contributed by atoms with E-state index in [0.29, 0.717) is 12.0 Å². The van der Waals surface area contributed by atoms with Gasteiger partial charge < -0.3 is 15.0 Å². The van der Waals surface area contributed by atoms with Crippen LogP contribution in [0.4, 0.5) is 5.69 Å². The topological polar surface area (TPSA) is 24.5 Å². The minimum Gasteiger partial charge on any atom is -0.380 e. The normalized spacial score (nSPS) is 19.3. The number of ether oxygens (including phenoxy) is 1. The Kier molecular flexibility index (Phi) is 6.52. The molecule has 1 unspecified atom stereocenters. The van der Waals surface area contributed by atoms with Gasteiger partial charge in [0.05, 0.1) is 11.8 Å². The number of methoxy groups -OCH3 is 1. The van der Waals surface area contributed by atoms with Gasteiger partial charge >= 0.3 is 0 Å². The molecule has 0 saturated carbocycles. The number of piperidine rings is 1. The molecule has 1 aromatic carbocycles. The van der Waals surface area contributed by atoms with Crippen molar-refractivity contribution in [2.24, 2.45) is 5.92 Å². The fraction of sp³-hybridized carbons (Fsp3) is 0.647. The Morgan fingerprint density at radius 2 is 2.24 bits per heavy atom. The van der Waals surface area contributed by atoms with Crippen molar-refractivity contribution in [3.63, 3.8) is 0 Å².